The lowest BCUT2D eigenvalue weighted by Crippen LogP contribution is -2.19. The molecule has 1 aromatic carbocycles. The lowest BCUT2D eigenvalue weighted by Gasteiger charge is -2.18. The van der Waals surface area contributed by atoms with Gasteiger partial charge in [0.1, 0.15) is 12.1 Å². The molecule has 1 atom stereocenters. The zero-order valence-corrected chi connectivity index (χ0v) is 9.81. The Balaban J connectivity index is 2.42. The Labute approximate surface area is 99.7 Å². The third-order valence-corrected chi connectivity index (χ3v) is 2.75. The van der Waals surface area contributed by atoms with Gasteiger partial charge in [-0.1, -0.05) is 6.07 Å². The Kier molecular flexibility index (Phi) is 3.44. The summed E-state index contributed by atoms with van der Waals surface area (Å²) >= 11 is 0. The van der Waals surface area contributed by atoms with Crippen molar-refractivity contribution in [3.05, 3.63) is 59.4 Å². The fourth-order valence-electron chi connectivity index (χ4n) is 1.92. The van der Waals surface area contributed by atoms with E-state index in [1.54, 1.807) is 18.5 Å². The number of nitrogens with one attached hydrogen (secondary N) is 1. The van der Waals surface area contributed by atoms with Gasteiger partial charge in [0.2, 0.25) is 0 Å². The van der Waals surface area contributed by atoms with E-state index in [1.807, 2.05) is 14.0 Å². The maximum Gasteiger partial charge on any atom is 0.123 e. The highest BCUT2D eigenvalue weighted by atomic mass is 19.1. The van der Waals surface area contributed by atoms with E-state index in [0.29, 0.717) is 0 Å². The molecule has 0 bridgehead atoms. The van der Waals surface area contributed by atoms with E-state index in [1.165, 1.54) is 18.5 Å². The molecule has 2 rings (SSSR count). The van der Waals surface area contributed by atoms with Crippen LogP contribution in [0.1, 0.15) is 22.7 Å². The SMILES string of the molecule is CNC(c1cncnc1)c1ccc(F)cc1C. The molecular weight excluding hydrogens is 217 g/mol. The molecule has 0 aliphatic rings. The third-order valence-electron chi connectivity index (χ3n) is 2.75. The predicted octanol–water partition coefficient (Wildman–Crippen LogP) is 2.23. The fraction of sp³-hybridized carbons (Fsp3) is 0.231. The topological polar surface area (TPSA) is 37.8 Å². The number of nitrogens with zero attached hydrogens (tertiary/aromatic N) is 2. The predicted molar refractivity (Wildman–Crippen MR) is 64.1 cm³/mol. The van der Waals surface area contributed by atoms with E-state index >= 15 is 0 Å². The van der Waals surface area contributed by atoms with Gasteiger partial charge in [0.05, 0.1) is 6.04 Å². The normalized spacial score (nSPS) is 12.4. The number of hydrogen-bond acceptors (Lipinski definition) is 3. The van der Waals surface area contributed by atoms with Gasteiger partial charge in [-0.15, -0.1) is 0 Å². The first-order valence-corrected chi connectivity index (χ1v) is 5.40. The van der Waals surface area contributed by atoms with Gasteiger partial charge in [0.15, 0.2) is 0 Å². The molecule has 0 aliphatic heterocycles. The Bertz CT molecular complexity index is 499. The van der Waals surface area contributed by atoms with E-state index in [4.69, 9.17) is 0 Å². The summed E-state index contributed by atoms with van der Waals surface area (Å²) in [5.41, 5.74) is 2.90. The van der Waals surface area contributed by atoms with Gasteiger partial charge >= 0.3 is 0 Å². The number of rotatable bonds is 3. The van der Waals surface area contributed by atoms with Crippen LogP contribution in [0.25, 0.3) is 0 Å². The average molecular weight is 231 g/mol. The molecule has 1 aromatic heterocycles. The standard InChI is InChI=1S/C13H14FN3/c1-9-5-11(14)3-4-12(9)13(15-2)10-6-16-8-17-7-10/h3-8,13,15H,1-2H3. The van der Waals surface area contributed by atoms with Gasteiger partial charge in [-0.3, -0.25) is 0 Å². The number of aromatic nitrogens is 2. The summed E-state index contributed by atoms with van der Waals surface area (Å²) in [4.78, 5) is 8.00. The van der Waals surface area contributed by atoms with Crippen molar-refractivity contribution in [2.24, 2.45) is 0 Å². The monoisotopic (exact) mass is 231 g/mol. The zero-order chi connectivity index (χ0) is 12.3. The highest BCUT2D eigenvalue weighted by molar-refractivity contribution is 5.35. The van der Waals surface area contributed by atoms with Crippen LogP contribution < -0.4 is 5.32 Å². The highest BCUT2D eigenvalue weighted by Gasteiger charge is 2.14. The molecule has 3 nitrogen and oxygen atoms in total. The maximum atomic E-state index is 13.1. The number of aryl methyl sites for hydroxylation is 1. The molecule has 0 saturated carbocycles. The van der Waals surface area contributed by atoms with Crippen LogP contribution in [-0.4, -0.2) is 17.0 Å². The van der Waals surface area contributed by atoms with Crippen molar-refractivity contribution >= 4 is 0 Å². The molecular formula is C13H14FN3. The van der Waals surface area contributed by atoms with Crippen molar-refractivity contribution in [2.45, 2.75) is 13.0 Å². The van der Waals surface area contributed by atoms with E-state index in [9.17, 15) is 4.39 Å². The minimum Gasteiger partial charge on any atom is -0.309 e. The molecule has 0 fully saturated rings. The smallest absolute Gasteiger partial charge is 0.123 e. The van der Waals surface area contributed by atoms with Crippen molar-refractivity contribution < 1.29 is 4.39 Å². The Hall–Kier alpha value is -1.81. The van der Waals surface area contributed by atoms with Crippen LogP contribution in [0.4, 0.5) is 4.39 Å². The first-order chi connectivity index (χ1) is 8.22. The molecule has 0 spiro atoms. The second-order valence-electron chi connectivity index (χ2n) is 3.89. The summed E-state index contributed by atoms with van der Waals surface area (Å²) in [7, 11) is 1.86. The molecule has 0 amide bonds. The minimum absolute atomic E-state index is 0.0169. The molecule has 0 aliphatic carbocycles. The molecule has 88 valence electrons. The summed E-state index contributed by atoms with van der Waals surface area (Å²) in [6, 6.07) is 4.77. The van der Waals surface area contributed by atoms with Crippen molar-refractivity contribution in [2.75, 3.05) is 7.05 Å². The molecule has 1 unspecified atom stereocenters. The largest absolute Gasteiger partial charge is 0.309 e. The van der Waals surface area contributed by atoms with Crippen LogP contribution >= 0.6 is 0 Å². The van der Waals surface area contributed by atoms with Crippen LogP contribution in [0, 0.1) is 12.7 Å². The van der Waals surface area contributed by atoms with Crippen molar-refractivity contribution in [3.8, 4) is 0 Å². The van der Waals surface area contributed by atoms with E-state index < -0.39 is 0 Å². The van der Waals surface area contributed by atoms with Crippen LogP contribution in [-0.2, 0) is 0 Å². The first kappa shape index (κ1) is 11.7. The molecule has 0 radical (unpaired) electrons. The Morgan fingerprint density at radius 3 is 2.53 bits per heavy atom. The lowest BCUT2D eigenvalue weighted by atomic mass is 9.97. The van der Waals surface area contributed by atoms with Crippen LogP contribution in [0.2, 0.25) is 0 Å². The Morgan fingerprint density at radius 1 is 1.24 bits per heavy atom. The molecule has 17 heavy (non-hydrogen) atoms. The molecule has 4 heteroatoms. The maximum absolute atomic E-state index is 13.1. The van der Waals surface area contributed by atoms with Crippen LogP contribution in [0.5, 0.6) is 0 Å². The van der Waals surface area contributed by atoms with E-state index in [-0.39, 0.29) is 11.9 Å². The molecule has 0 saturated heterocycles. The van der Waals surface area contributed by atoms with E-state index in [2.05, 4.69) is 15.3 Å². The second-order valence-corrected chi connectivity index (χ2v) is 3.89. The first-order valence-electron chi connectivity index (χ1n) is 5.40. The minimum atomic E-state index is -0.217. The van der Waals surface area contributed by atoms with Crippen LogP contribution in [0.15, 0.2) is 36.9 Å². The van der Waals surface area contributed by atoms with E-state index in [0.717, 1.165) is 16.7 Å². The second kappa shape index (κ2) is 5.01. The lowest BCUT2D eigenvalue weighted by molar-refractivity contribution is 0.620. The van der Waals surface area contributed by atoms with Crippen molar-refractivity contribution in [1.82, 2.24) is 15.3 Å². The Morgan fingerprint density at radius 2 is 1.94 bits per heavy atom. The van der Waals surface area contributed by atoms with Gasteiger partial charge in [0, 0.05) is 18.0 Å². The van der Waals surface area contributed by atoms with Crippen LogP contribution in [0.3, 0.4) is 0 Å². The molecule has 1 heterocycles. The molecule has 1 N–H and O–H groups in total. The third kappa shape index (κ3) is 2.47. The van der Waals surface area contributed by atoms with Gasteiger partial charge < -0.3 is 5.32 Å². The summed E-state index contributed by atoms with van der Waals surface area (Å²) in [5, 5.41) is 3.19. The number of halogens is 1. The quantitative estimate of drug-likeness (QED) is 0.880. The number of hydrogen-bond donors (Lipinski definition) is 1. The summed E-state index contributed by atoms with van der Waals surface area (Å²) in [6.45, 7) is 1.90. The van der Waals surface area contributed by atoms with Crippen molar-refractivity contribution in [1.29, 1.82) is 0 Å². The summed E-state index contributed by atoms with van der Waals surface area (Å²) < 4.78 is 13.1. The van der Waals surface area contributed by atoms with Gasteiger partial charge in [-0.05, 0) is 37.2 Å². The number of benzene rings is 1. The van der Waals surface area contributed by atoms with Gasteiger partial charge in [0.25, 0.3) is 0 Å². The van der Waals surface area contributed by atoms with Gasteiger partial charge in [-0.25, -0.2) is 14.4 Å². The zero-order valence-electron chi connectivity index (χ0n) is 9.81. The summed E-state index contributed by atoms with van der Waals surface area (Å²) in [5.74, 6) is -0.217. The van der Waals surface area contributed by atoms with Gasteiger partial charge in [-0.2, -0.15) is 0 Å². The highest BCUT2D eigenvalue weighted by Crippen LogP contribution is 2.23. The fourth-order valence-corrected chi connectivity index (χ4v) is 1.92. The molecule has 2 aromatic rings. The average Bonchev–Trinajstić information content (AvgIpc) is 2.34. The summed E-state index contributed by atoms with van der Waals surface area (Å²) in [6.07, 6.45) is 5.02. The van der Waals surface area contributed by atoms with Crippen molar-refractivity contribution in [3.63, 3.8) is 0 Å².